The summed E-state index contributed by atoms with van der Waals surface area (Å²) in [6.07, 6.45) is -4.47. The van der Waals surface area contributed by atoms with Crippen molar-refractivity contribution in [2.75, 3.05) is 0 Å². The number of alkyl halides is 3. The van der Waals surface area contributed by atoms with Gasteiger partial charge in [0.1, 0.15) is 11.5 Å². The summed E-state index contributed by atoms with van der Waals surface area (Å²) < 4.78 is 48.6. The summed E-state index contributed by atoms with van der Waals surface area (Å²) in [5.41, 5.74) is -1.04. The third kappa shape index (κ3) is 2.83. The maximum Gasteiger partial charge on any atom is 0.429 e. The molecule has 0 atom stereocenters. The van der Waals surface area contributed by atoms with Crippen LogP contribution in [-0.2, 0) is 0 Å². The summed E-state index contributed by atoms with van der Waals surface area (Å²) in [5, 5.41) is 0. The second-order valence-corrected chi connectivity index (χ2v) is 2.67. The minimum absolute atomic E-state index is 0.0418. The van der Waals surface area contributed by atoms with Crippen molar-refractivity contribution < 1.29 is 17.6 Å². The van der Waals surface area contributed by atoms with E-state index in [1.165, 1.54) is 12.1 Å². The molecule has 0 saturated carbocycles. The highest BCUT2D eigenvalue weighted by molar-refractivity contribution is 5.89. The Kier molecular flexibility index (Phi) is 2.88. The lowest BCUT2D eigenvalue weighted by Crippen LogP contribution is -2.18. The van der Waals surface area contributed by atoms with Crippen LogP contribution in [-0.4, -0.2) is 11.9 Å². The Balaban J connectivity index is 2.98. The molecule has 0 spiro atoms. The number of hydrogen-bond acceptors (Lipinski definition) is 1. The van der Waals surface area contributed by atoms with Gasteiger partial charge in [0.05, 0.1) is 5.69 Å². The molecule has 76 valence electrons. The second kappa shape index (κ2) is 3.77. The molecule has 0 amide bonds. The minimum atomic E-state index is -4.47. The number of halogens is 4. The van der Waals surface area contributed by atoms with Gasteiger partial charge in [0.25, 0.3) is 0 Å². The summed E-state index contributed by atoms with van der Waals surface area (Å²) >= 11 is 0. The van der Waals surface area contributed by atoms with E-state index in [0.717, 1.165) is 19.1 Å². The van der Waals surface area contributed by atoms with Crippen molar-refractivity contribution in [3.8, 4) is 0 Å². The van der Waals surface area contributed by atoms with Crippen LogP contribution in [0.3, 0.4) is 0 Å². The maximum absolute atomic E-state index is 12.6. The fourth-order valence-electron chi connectivity index (χ4n) is 0.803. The smallest absolute Gasteiger partial charge is 0.249 e. The molecule has 1 aromatic rings. The first-order valence-electron chi connectivity index (χ1n) is 3.77. The van der Waals surface area contributed by atoms with Gasteiger partial charge >= 0.3 is 6.18 Å². The molecule has 0 heterocycles. The van der Waals surface area contributed by atoms with Crippen molar-refractivity contribution in [3.63, 3.8) is 0 Å². The van der Waals surface area contributed by atoms with E-state index in [1.807, 2.05) is 0 Å². The molecular weight excluding hydrogens is 198 g/mol. The SMILES string of the molecule is C/C(=N\c1cccc(F)c1)C(F)(F)F. The summed E-state index contributed by atoms with van der Waals surface area (Å²) in [6, 6.07) is 4.69. The van der Waals surface area contributed by atoms with Crippen molar-refractivity contribution in [3.05, 3.63) is 30.1 Å². The molecule has 1 rings (SSSR count). The van der Waals surface area contributed by atoms with Gasteiger partial charge in [-0.05, 0) is 25.1 Å². The number of nitrogens with zero attached hydrogens (tertiary/aromatic N) is 1. The van der Waals surface area contributed by atoms with Gasteiger partial charge in [-0.15, -0.1) is 0 Å². The lowest BCUT2D eigenvalue weighted by molar-refractivity contribution is -0.0591. The minimum Gasteiger partial charge on any atom is -0.249 e. The number of hydrogen-bond donors (Lipinski definition) is 0. The lowest BCUT2D eigenvalue weighted by atomic mass is 10.3. The Morgan fingerprint density at radius 2 is 1.93 bits per heavy atom. The molecule has 0 radical (unpaired) electrons. The molecule has 0 saturated heterocycles. The van der Waals surface area contributed by atoms with E-state index < -0.39 is 17.7 Å². The molecule has 0 aliphatic rings. The molecule has 0 aromatic heterocycles. The van der Waals surface area contributed by atoms with E-state index in [9.17, 15) is 17.6 Å². The normalized spacial score (nSPS) is 13.1. The molecule has 0 aliphatic heterocycles. The van der Waals surface area contributed by atoms with Gasteiger partial charge in [0, 0.05) is 0 Å². The molecule has 0 unspecified atom stereocenters. The summed E-state index contributed by atoms with van der Waals surface area (Å²) in [5.74, 6) is -0.610. The number of benzene rings is 1. The van der Waals surface area contributed by atoms with Crippen LogP contribution in [0.15, 0.2) is 29.3 Å². The van der Waals surface area contributed by atoms with Gasteiger partial charge in [-0.25, -0.2) is 9.38 Å². The van der Waals surface area contributed by atoms with Crippen molar-refractivity contribution in [1.29, 1.82) is 0 Å². The van der Waals surface area contributed by atoms with Crippen LogP contribution in [0.1, 0.15) is 6.92 Å². The first-order chi connectivity index (χ1) is 6.39. The molecule has 0 fully saturated rings. The zero-order valence-electron chi connectivity index (χ0n) is 7.27. The van der Waals surface area contributed by atoms with Gasteiger partial charge in [0.2, 0.25) is 0 Å². The molecule has 1 nitrogen and oxygen atoms in total. The monoisotopic (exact) mass is 205 g/mol. The molecular formula is C9H7F4N. The Morgan fingerprint density at radius 1 is 1.29 bits per heavy atom. The van der Waals surface area contributed by atoms with E-state index >= 15 is 0 Å². The van der Waals surface area contributed by atoms with Crippen molar-refractivity contribution in [2.24, 2.45) is 4.99 Å². The van der Waals surface area contributed by atoms with Crippen molar-refractivity contribution in [2.45, 2.75) is 13.1 Å². The Bertz CT molecular complexity index is 354. The summed E-state index contributed by atoms with van der Waals surface area (Å²) in [7, 11) is 0. The molecule has 0 bridgehead atoms. The molecule has 1 aromatic carbocycles. The van der Waals surface area contributed by atoms with E-state index in [4.69, 9.17) is 0 Å². The summed E-state index contributed by atoms with van der Waals surface area (Å²) in [4.78, 5) is 3.24. The summed E-state index contributed by atoms with van der Waals surface area (Å²) in [6.45, 7) is 0.838. The fraction of sp³-hybridized carbons (Fsp3) is 0.222. The molecule has 0 aliphatic carbocycles. The van der Waals surface area contributed by atoms with Gasteiger partial charge in [-0.3, -0.25) is 0 Å². The number of rotatable bonds is 1. The fourth-order valence-corrected chi connectivity index (χ4v) is 0.803. The van der Waals surface area contributed by atoms with E-state index in [-0.39, 0.29) is 5.69 Å². The standard InChI is InChI=1S/C9H7F4N/c1-6(9(11,12)13)14-8-4-2-3-7(10)5-8/h2-5H,1H3/b14-6+. The van der Waals surface area contributed by atoms with Crippen LogP contribution in [0, 0.1) is 5.82 Å². The van der Waals surface area contributed by atoms with Crippen LogP contribution >= 0.6 is 0 Å². The maximum atomic E-state index is 12.6. The van der Waals surface area contributed by atoms with Crippen LogP contribution in [0.25, 0.3) is 0 Å². The molecule has 0 N–H and O–H groups in total. The van der Waals surface area contributed by atoms with Crippen LogP contribution < -0.4 is 0 Å². The highest BCUT2D eigenvalue weighted by Gasteiger charge is 2.31. The highest BCUT2D eigenvalue weighted by Crippen LogP contribution is 2.21. The van der Waals surface area contributed by atoms with Crippen LogP contribution in [0.2, 0.25) is 0 Å². The first-order valence-corrected chi connectivity index (χ1v) is 3.77. The van der Waals surface area contributed by atoms with Gasteiger partial charge in [-0.1, -0.05) is 6.07 Å². The molecule has 5 heteroatoms. The number of aliphatic imine (C=N–C) groups is 1. The van der Waals surface area contributed by atoms with Crippen molar-refractivity contribution in [1.82, 2.24) is 0 Å². The van der Waals surface area contributed by atoms with Gasteiger partial charge < -0.3 is 0 Å². The Hall–Kier alpha value is -1.39. The molecule has 14 heavy (non-hydrogen) atoms. The van der Waals surface area contributed by atoms with Crippen molar-refractivity contribution >= 4 is 11.4 Å². The quantitative estimate of drug-likeness (QED) is 0.491. The second-order valence-electron chi connectivity index (χ2n) is 2.67. The predicted octanol–water partition coefficient (Wildman–Crippen LogP) is 3.48. The topological polar surface area (TPSA) is 12.4 Å². The highest BCUT2D eigenvalue weighted by atomic mass is 19.4. The first kappa shape index (κ1) is 10.7. The van der Waals surface area contributed by atoms with Crippen LogP contribution in [0.5, 0.6) is 0 Å². The van der Waals surface area contributed by atoms with Gasteiger partial charge in [-0.2, -0.15) is 13.2 Å². The Labute approximate surface area is 78.1 Å². The zero-order chi connectivity index (χ0) is 10.8. The average Bonchev–Trinajstić information content (AvgIpc) is 2.02. The third-order valence-electron chi connectivity index (χ3n) is 1.52. The van der Waals surface area contributed by atoms with E-state index in [2.05, 4.69) is 4.99 Å². The lowest BCUT2D eigenvalue weighted by Gasteiger charge is -2.04. The predicted molar refractivity (Wildman–Crippen MR) is 45.2 cm³/mol. The largest absolute Gasteiger partial charge is 0.429 e. The van der Waals surface area contributed by atoms with Gasteiger partial charge in [0.15, 0.2) is 0 Å². The van der Waals surface area contributed by atoms with E-state index in [0.29, 0.717) is 0 Å². The van der Waals surface area contributed by atoms with E-state index in [1.54, 1.807) is 0 Å². The average molecular weight is 205 g/mol. The Morgan fingerprint density at radius 3 is 2.43 bits per heavy atom. The zero-order valence-corrected chi connectivity index (χ0v) is 7.27. The third-order valence-corrected chi connectivity index (χ3v) is 1.52. The van der Waals surface area contributed by atoms with Crippen LogP contribution in [0.4, 0.5) is 23.2 Å².